The summed E-state index contributed by atoms with van der Waals surface area (Å²) in [7, 11) is 0. The van der Waals surface area contributed by atoms with Crippen LogP contribution in [0.3, 0.4) is 0 Å². The first-order chi connectivity index (χ1) is 18.2. The Kier molecular flexibility index (Phi) is 7.99. The van der Waals surface area contributed by atoms with Crippen molar-refractivity contribution in [1.82, 2.24) is 19.8 Å². The molecule has 2 aliphatic rings. The van der Waals surface area contributed by atoms with Gasteiger partial charge in [0.1, 0.15) is 13.2 Å². The summed E-state index contributed by atoms with van der Waals surface area (Å²) >= 11 is 0. The number of nitrogens with one attached hydrogen (secondary N) is 1. The lowest BCUT2D eigenvalue weighted by Crippen LogP contribution is -2.46. The van der Waals surface area contributed by atoms with Crippen LogP contribution in [0, 0.1) is 0 Å². The van der Waals surface area contributed by atoms with Crippen LogP contribution in [0.15, 0.2) is 42.7 Å². The van der Waals surface area contributed by atoms with Crippen molar-refractivity contribution in [3.8, 4) is 11.5 Å². The molecule has 2 aliphatic heterocycles. The molecule has 1 fully saturated rings. The van der Waals surface area contributed by atoms with E-state index in [-0.39, 0.29) is 6.03 Å². The van der Waals surface area contributed by atoms with Crippen molar-refractivity contribution >= 4 is 28.4 Å². The molecule has 2 aromatic carbocycles. The van der Waals surface area contributed by atoms with Crippen molar-refractivity contribution in [3.63, 3.8) is 0 Å². The number of amides is 2. The third kappa shape index (κ3) is 5.77. The van der Waals surface area contributed by atoms with Crippen molar-refractivity contribution < 1.29 is 14.3 Å². The van der Waals surface area contributed by atoms with Gasteiger partial charge in [0.15, 0.2) is 11.5 Å². The van der Waals surface area contributed by atoms with Gasteiger partial charge in [-0.25, -0.2) is 9.78 Å². The van der Waals surface area contributed by atoms with E-state index < -0.39 is 0 Å². The fourth-order valence-corrected chi connectivity index (χ4v) is 5.16. The lowest BCUT2D eigenvalue weighted by molar-refractivity contribution is 0.171. The summed E-state index contributed by atoms with van der Waals surface area (Å²) in [4.78, 5) is 23.8. The molecule has 1 N–H and O–H groups in total. The number of urea groups is 1. The highest BCUT2D eigenvalue weighted by Crippen LogP contribution is 2.34. The number of aromatic nitrogens is 2. The topological polar surface area (TPSA) is 75.1 Å². The molecule has 198 valence electrons. The van der Waals surface area contributed by atoms with E-state index in [1.165, 1.54) is 5.69 Å². The van der Waals surface area contributed by atoms with Gasteiger partial charge in [-0.3, -0.25) is 9.80 Å². The van der Waals surface area contributed by atoms with Gasteiger partial charge in [-0.2, -0.15) is 0 Å². The van der Waals surface area contributed by atoms with Crippen molar-refractivity contribution in [2.45, 2.75) is 33.2 Å². The molecule has 9 nitrogen and oxygen atoms in total. The van der Waals surface area contributed by atoms with Gasteiger partial charge in [0.2, 0.25) is 0 Å². The fraction of sp³-hybridized carbons (Fsp3) is 0.500. The number of benzene rings is 2. The van der Waals surface area contributed by atoms with E-state index in [1.54, 1.807) is 4.90 Å². The Hall–Kier alpha value is -3.46. The number of carbonyl (C=O) groups excluding carboxylic acids is 1. The molecule has 0 atom stereocenters. The van der Waals surface area contributed by atoms with Crippen molar-refractivity contribution in [2.75, 3.05) is 68.8 Å². The number of hydrogen-bond acceptors (Lipinski definition) is 6. The Labute approximate surface area is 218 Å². The molecule has 0 spiro atoms. The Morgan fingerprint density at radius 3 is 2.54 bits per heavy atom. The third-order valence-electron chi connectivity index (χ3n) is 7.19. The van der Waals surface area contributed by atoms with Crippen LogP contribution in [0.25, 0.3) is 11.0 Å². The minimum Gasteiger partial charge on any atom is -0.486 e. The highest BCUT2D eigenvalue weighted by atomic mass is 16.6. The standard InChI is InChI=1S/C28H38N6O3/c1-3-29-28(35)34(4-2)23-7-9-24-25(19-23)33(21-30-24)12-6-5-11-31-13-15-32(16-14-31)22-8-10-26-27(20-22)37-18-17-36-26/h7-10,19-21H,3-6,11-18H2,1-2H3,(H,29,35). The Morgan fingerprint density at radius 2 is 1.76 bits per heavy atom. The second-order valence-electron chi connectivity index (χ2n) is 9.55. The Morgan fingerprint density at radius 1 is 0.973 bits per heavy atom. The summed E-state index contributed by atoms with van der Waals surface area (Å²) in [6, 6.07) is 12.3. The first-order valence-electron chi connectivity index (χ1n) is 13.5. The molecular formula is C28H38N6O3. The second-order valence-corrected chi connectivity index (χ2v) is 9.55. The summed E-state index contributed by atoms with van der Waals surface area (Å²) in [6.45, 7) is 12.6. The van der Waals surface area contributed by atoms with Crippen LogP contribution in [0.4, 0.5) is 16.2 Å². The molecule has 0 unspecified atom stereocenters. The molecule has 37 heavy (non-hydrogen) atoms. The van der Waals surface area contributed by atoms with Crippen LogP contribution in [0.5, 0.6) is 11.5 Å². The summed E-state index contributed by atoms with van der Waals surface area (Å²) in [6.07, 6.45) is 4.15. The van der Waals surface area contributed by atoms with Crippen LogP contribution in [-0.2, 0) is 6.54 Å². The van der Waals surface area contributed by atoms with Gasteiger partial charge >= 0.3 is 6.03 Å². The highest BCUT2D eigenvalue weighted by Gasteiger charge is 2.20. The van der Waals surface area contributed by atoms with E-state index in [0.717, 1.165) is 80.3 Å². The van der Waals surface area contributed by atoms with Gasteiger partial charge in [0.05, 0.1) is 17.4 Å². The first-order valence-corrected chi connectivity index (χ1v) is 13.5. The quantitative estimate of drug-likeness (QED) is 0.443. The number of fused-ring (bicyclic) bond motifs is 2. The van der Waals surface area contributed by atoms with E-state index in [9.17, 15) is 4.79 Å². The molecule has 3 heterocycles. The number of piperazine rings is 1. The van der Waals surface area contributed by atoms with Crippen LogP contribution in [0.1, 0.15) is 26.7 Å². The largest absolute Gasteiger partial charge is 0.486 e. The zero-order chi connectivity index (χ0) is 25.6. The third-order valence-corrected chi connectivity index (χ3v) is 7.19. The van der Waals surface area contributed by atoms with E-state index in [0.29, 0.717) is 26.3 Å². The number of hydrogen-bond donors (Lipinski definition) is 1. The number of carbonyl (C=O) groups is 1. The number of anilines is 2. The van der Waals surface area contributed by atoms with Gasteiger partial charge in [-0.1, -0.05) is 0 Å². The average molecular weight is 507 g/mol. The highest BCUT2D eigenvalue weighted by molar-refractivity contribution is 5.94. The maximum Gasteiger partial charge on any atom is 0.321 e. The van der Waals surface area contributed by atoms with Crippen molar-refractivity contribution in [2.24, 2.45) is 0 Å². The molecular weight excluding hydrogens is 468 g/mol. The Bertz CT molecular complexity index is 1200. The van der Waals surface area contributed by atoms with Gasteiger partial charge < -0.3 is 24.3 Å². The van der Waals surface area contributed by atoms with Gasteiger partial charge in [0.25, 0.3) is 0 Å². The lowest BCUT2D eigenvalue weighted by atomic mass is 10.2. The van der Waals surface area contributed by atoms with Gasteiger partial charge in [0, 0.05) is 63.3 Å². The zero-order valence-corrected chi connectivity index (χ0v) is 22.0. The number of nitrogens with zero attached hydrogens (tertiary/aromatic N) is 5. The number of imidazole rings is 1. The van der Waals surface area contributed by atoms with Gasteiger partial charge in [-0.15, -0.1) is 0 Å². The van der Waals surface area contributed by atoms with E-state index in [2.05, 4.69) is 42.9 Å². The van der Waals surface area contributed by atoms with Crippen LogP contribution >= 0.6 is 0 Å². The molecule has 0 bridgehead atoms. The zero-order valence-electron chi connectivity index (χ0n) is 22.0. The summed E-state index contributed by atoms with van der Waals surface area (Å²) < 4.78 is 13.6. The molecule has 0 radical (unpaired) electrons. The molecule has 0 saturated carbocycles. The molecule has 9 heteroatoms. The number of aryl methyl sites for hydroxylation is 1. The van der Waals surface area contributed by atoms with Crippen molar-refractivity contribution in [3.05, 3.63) is 42.7 Å². The van der Waals surface area contributed by atoms with Gasteiger partial charge in [-0.05, 0) is 63.6 Å². The van der Waals surface area contributed by atoms with Crippen LogP contribution in [-0.4, -0.2) is 79.5 Å². The smallest absolute Gasteiger partial charge is 0.321 e. The number of unbranched alkanes of at least 4 members (excludes halogenated alkanes) is 1. The summed E-state index contributed by atoms with van der Waals surface area (Å²) in [5.41, 5.74) is 4.15. The average Bonchev–Trinajstić information content (AvgIpc) is 3.34. The van der Waals surface area contributed by atoms with Crippen molar-refractivity contribution in [1.29, 1.82) is 0 Å². The summed E-state index contributed by atoms with van der Waals surface area (Å²) in [5, 5.41) is 2.89. The predicted octanol–water partition coefficient (Wildman–Crippen LogP) is 3.97. The minimum atomic E-state index is -0.0653. The normalized spacial score (nSPS) is 15.7. The maximum absolute atomic E-state index is 12.4. The SMILES string of the molecule is CCNC(=O)N(CC)c1ccc2ncn(CCCCN3CCN(c4ccc5c(c4)OCCO5)CC3)c2c1. The Balaban J connectivity index is 1.10. The first kappa shape index (κ1) is 25.2. The maximum atomic E-state index is 12.4. The molecule has 5 rings (SSSR count). The molecule has 1 saturated heterocycles. The second kappa shape index (κ2) is 11.7. The van der Waals surface area contributed by atoms with E-state index in [4.69, 9.17) is 9.47 Å². The number of rotatable bonds is 9. The minimum absolute atomic E-state index is 0.0653. The predicted molar refractivity (Wildman–Crippen MR) is 147 cm³/mol. The fourth-order valence-electron chi connectivity index (χ4n) is 5.16. The van der Waals surface area contributed by atoms with Crippen LogP contribution < -0.4 is 24.6 Å². The molecule has 0 aliphatic carbocycles. The summed E-state index contributed by atoms with van der Waals surface area (Å²) in [5.74, 6) is 1.71. The molecule has 1 aromatic heterocycles. The van der Waals surface area contributed by atoms with E-state index in [1.807, 2.05) is 38.4 Å². The number of ether oxygens (including phenoxy) is 2. The monoisotopic (exact) mass is 506 g/mol. The van der Waals surface area contributed by atoms with E-state index >= 15 is 0 Å². The molecule has 3 aromatic rings. The van der Waals surface area contributed by atoms with Crippen LogP contribution in [0.2, 0.25) is 0 Å². The molecule has 2 amide bonds. The lowest BCUT2D eigenvalue weighted by Gasteiger charge is -2.36.